The lowest BCUT2D eigenvalue weighted by Crippen LogP contribution is -2.10. The van der Waals surface area contributed by atoms with Crippen LogP contribution in [-0.2, 0) is 5.41 Å². The minimum atomic E-state index is 0.163. The van der Waals surface area contributed by atoms with Crippen molar-refractivity contribution in [3.05, 3.63) is 28.8 Å². The van der Waals surface area contributed by atoms with E-state index in [2.05, 4.69) is 32.2 Å². The molecular formula is C11H16ClN. The highest BCUT2D eigenvalue weighted by Gasteiger charge is 2.14. The Balaban J connectivity index is 3.10. The molecule has 0 amide bonds. The van der Waals surface area contributed by atoms with Crippen LogP contribution in [0.3, 0.4) is 0 Å². The van der Waals surface area contributed by atoms with E-state index < -0.39 is 0 Å². The fourth-order valence-electron chi connectivity index (χ4n) is 1.18. The average molecular weight is 198 g/mol. The van der Waals surface area contributed by atoms with Crippen LogP contribution in [0.2, 0.25) is 5.02 Å². The van der Waals surface area contributed by atoms with Crippen LogP contribution in [0.15, 0.2) is 18.2 Å². The highest BCUT2D eigenvalue weighted by molar-refractivity contribution is 6.33. The molecule has 0 aliphatic rings. The van der Waals surface area contributed by atoms with Crippen molar-refractivity contribution in [2.24, 2.45) is 0 Å². The molecule has 0 saturated heterocycles. The third-order valence-corrected chi connectivity index (χ3v) is 2.42. The van der Waals surface area contributed by atoms with Gasteiger partial charge in [-0.3, -0.25) is 0 Å². The Hall–Kier alpha value is -0.690. The van der Waals surface area contributed by atoms with Crippen LogP contribution in [0.25, 0.3) is 0 Å². The minimum absolute atomic E-state index is 0.163. The summed E-state index contributed by atoms with van der Waals surface area (Å²) in [6, 6.07) is 6.15. The van der Waals surface area contributed by atoms with Gasteiger partial charge in [-0.1, -0.05) is 38.4 Å². The maximum atomic E-state index is 6.07. The molecule has 72 valence electrons. The zero-order chi connectivity index (χ0) is 10.1. The lowest BCUT2D eigenvalue weighted by atomic mass is 9.87. The Morgan fingerprint density at radius 2 is 1.85 bits per heavy atom. The largest absolute Gasteiger partial charge is 0.387 e. The molecule has 1 aromatic carbocycles. The highest BCUT2D eigenvalue weighted by atomic mass is 35.5. The third-order valence-electron chi connectivity index (χ3n) is 2.10. The Bertz CT molecular complexity index is 299. The van der Waals surface area contributed by atoms with E-state index in [0.29, 0.717) is 0 Å². The Morgan fingerprint density at radius 3 is 2.23 bits per heavy atom. The molecule has 0 saturated carbocycles. The van der Waals surface area contributed by atoms with Crippen molar-refractivity contribution in [2.45, 2.75) is 26.2 Å². The first-order valence-electron chi connectivity index (χ1n) is 4.43. The second-order valence-electron chi connectivity index (χ2n) is 4.19. The van der Waals surface area contributed by atoms with Gasteiger partial charge in [0.05, 0.1) is 10.7 Å². The fraction of sp³-hybridized carbons (Fsp3) is 0.455. The van der Waals surface area contributed by atoms with Crippen molar-refractivity contribution in [1.29, 1.82) is 0 Å². The number of hydrogen-bond acceptors (Lipinski definition) is 1. The van der Waals surface area contributed by atoms with Crippen LogP contribution in [0, 0.1) is 0 Å². The summed E-state index contributed by atoms with van der Waals surface area (Å²) < 4.78 is 0. The maximum Gasteiger partial charge on any atom is 0.0640 e. The van der Waals surface area contributed by atoms with Gasteiger partial charge in [0.2, 0.25) is 0 Å². The van der Waals surface area contributed by atoms with Gasteiger partial charge < -0.3 is 5.32 Å². The molecule has 0 fully saturated rings. The molecule has 1 N–H and O–H groups in total. The van der Waals surface area contributed by atoms with Crippen molar-refractivity contribution in [1.82, 2.24) is 0 Å². The molecule has 1 nitrogen and oxygen atoms in total. The Morgan fingerprint density at radius 1 is 1.23 bits per heavy atom. The van der Waals surface area contributed by atoms with E-state index in [9.17, 15) is 0 Å². The van der Waals surface area contributed by atoms with Gasteiger partial charge in [-0.15, -0.1) is 0 Å². The molecule has 1 rings (SSSR count). The van der Waals surface area contributed by atoms with Gasteiger partial charge in [0.15, 0.2) is 0 Å². The smallest absolute Gasteiger partial charge is 0.0640 e. The molecule has 13 heavy (non-hydrogen) atoms. The second kappa shape index (κ2) is 3.59. The van der Waals surface area contributed by atoms with Crippen molar-refractivity contribution in [3.8, 4) is 0 Å². The monoisotopic (exact) mass is 197 g/mol. The van der Waals surface area contributed by atoms with E-state index in [0.717, 1.165) is 10.7 Å². The maximum absolute atomic E-state index is 6.07. The number of halogens is 1. The summed E-state index contributed by atoms with van der Waals surface area (Å²) in [5.41, 5.74) is 2.40. The molecule has 0 aromatic heterocycles. The molecule has 0 unspecified atom stereocenters. The Labute approximate surface area is 85.1 Å². The van der Waals surface area contributed by atoms with E-state index >= 15 is 0 Å². The standard InChI is InChI=1S/C11H16ClN/c1-11(2,3)8-5-6-10(13-4)9(12)7-8/h5-7,13H,1-4H3. The van der Waals surface area contributed by atoms with Crippen molar-refractivity contribution in [2.75, 3.05) is 12.4 Å². The fourth-order valence-corrected chi connectivity index (χ4v) is 1.46. The first kappa shape index (κ1) is 10.4. The number of benzene rings is 1. The summed E-state index contributed by atoms with van der Waals surface area (Å²) >= 11 is 6.07. The SMILES string of the molecule is CNc1ccc(C(C)(C)C)cc1Cl. The molecule has 0 radical (unpaired) electrons. The van der Waals surface area contributed by atoms with Crippen LogP contribution >= 0.6 is 11.6 Å². The van der Waals surface area contributed by atoms with E-state index in [1.807, 2.05) is 19.2 Å². The van der Waals surface area contributed by atoms with Gasteiger partial charge in [0, 0.05) is 7.05 Å². The normalized spacial score (nSPS) is 11.5. The van der Waals surface area contributed by atoms with Crippen LogP contribution in [-0.4, -0.2) is 7.05 Å². The molecule has 0 heterocycles. The predicted molar refractivity (Wildman–Crippen MR) is 59.7 cm³/mol. The molecular weight excluding hydrogens is 182 g/mol. The highest BCUT2D eigenvalue weighted by Crippen LogP contribution is 2.29. The molecule has 0 bridgehead atoms. The van der Waals surface area contributed by atoms with Crippen LogP contribution in [0.5, 0.6) is 0 Å². The van der Waals surface area contributed by atoms with Crippen LogP contribution < -0.4 is 5.32 Å². The first-order valence-corrected chi connectivity index (χ1v) is 4.80. The molecule has 0 aliphatic carbocycles. The summed E-state index contributed by atoms with van der Waals surface area (Å²) in [7, 11) is 1.87. The van der Waals surface area contributed by atoms with Crippen molar-refractivity contribution in [3.63, 3.8) is 0 Å². The van der Waals surface area contributed by atoms with E-state index in [1.54, 1.807) is 0 Å². The summed E-state index contributed by atoms with van der Waals surface area (Å²) in [5.74, 6) is 0. The minimum Gasteiger partial charge on any atom is -0.387 e. The molecule has 0 atom stereocenters. The molecule has 1 aromatic rings. The Kier molecular flexibility index (Phi) is 2.87. The van der Waals surface area contributed by atoms with Crippen molar-refractivity contribution >= 4 is 17.3 Å². The third kappa shape index (κ3) is 2.38. The van der Waals surface area contributed by atoms with Gasteiger partial charge in [-0.05, 0) is 23.1 Å². The predicted octanol–water partition coefficient (Wildman–Crippen LogP) is 3.68. The first-order chi connectivity index (χ1) is 5.95. The molecule has 0 aliphatic heterocycles. The lowest BCUT2D eigenvalue weighted by molar-refractivity contribution is 0.590. The average Bonchev–Trinajstić information content (AvgIpc) is 2.02. The second-order valence-corrected chi connectivity index (χ2v) is 4.60. The van der Waals surface area contributed by atoms with Gasteiger partial charge in [-0.2, -0.15) is 0 Å². The van der Waals surface area contributed by atoms with Crippen LogP contribution in [0.4, 0.5) is 5.69 Å². The molecule has 2 heteroatoms. The van der Waals surface area contributed by atoms with Gasteiger partial charge >= 0.3 is 0 Å². The topological polar surface area (TPSA) is 12.0 Å². The van der Waals surface area contributed by atoms with Gasteiger partial charge in [0.25, 0.3) is 0 Å². The van der Waals surface area contributed by atoms with E-state index in [-0.39, 0.29) is 5.41 Å². The summed E-state index contributed by atoms with van der Waals surface area (Å²) in [6.45, 7) is 6.53. The van der Waals surface area contributed by atoms with Gasteiger partial charge in [-0.25, -0.2) is 0 Å². The summed E-state index contributed by atoms with van der Waals surface area (Å²) in [6.07, 6.45) is 0. The lowest BCUT2D eigenvalue weighted by Gasteiger charge is -2.19. The summed E-state index contributed by atoms with van der Waals surface area (Å²) in [5, 5.41) is 3.83. The number of nitrogens with one attached hydrogen (secondary N) is 1. The van der Waals surface area contributed by atoms with E-state index in [1.165, 1.54) is 5.56 Å². The van der Waals surface area contributed by atoms with E-state index in [4.69, 9.17) is 11.6 Å². The van der Waals surface area contributed by atoms with Crippen molar-refractivity contribution < 1.29 is 0 Å². The molecule has 0 spiro atoms. The quantitative estimate of drug-likeness (QED) is 0.725. The number of hydrogen-bond donors (Lipinski definition) is 1. The number of anilines is 1. The van der Waals surface area contributed by atoms with Crippen LogP contribution in [0.1, 0.15) is 26.3 Å². The summed E-state index contributed by atoms with van der Waals surface area (Å²) in [4.78, 5) is 0. The van der Waals surface area contributed by atoms with Gasteiger partial charge in [0.1, 0.15) is 0 Å². The number of rotatable bonds is 1. The zero-order valence-corrected chi connectivity index (χ0v) is 9.37. The zero-order valence-electron chi connectivity index (χ0n) is 8.61.